The maximum Gasteiger partial charge on any atom is 0.222 e. The number of benzene rings is 1. The van der Waals surface area contributed by atoms with E-state index in [9.17, 15) is 9.59 Å². The van der Waals surface area contributed by atoms with Gasteiger partial charge < -0.3 is 19.7 Å². The lowest BCUT2D eigenvalue weighted by Crippen LogP contribution is -2.50. The van der Waals surface area contributed by atoms with Gasteiger partial charge in [-0.05, 0) is 67.6 Å². The summed E-state index contributed by atoms with van der Waals surface area (Å²) in [5.74, 6) is 2.68. The molecule has 0 bridgehead atoms. The summed E-state index contributed by atoms with van der Waals surface area (Å²) in [7, 11) is 1.66. The minimum atomic E-state index is 0.00249. The highest BCUT2D eigenvalue weighted by Crippen LogP contribution is 2.39. The molecular formula is C24H34N2O4. The van der Waals surface area contributed by atoms with Gasteiger partial charge in [0.25, 0.3) is 0 Å². The number of nitrogens with one attached hydrogen (secondary N) is 1. The Hall–Kier alpha value is -2.08. The van der Waals surface area contributed by atoms with Crippen LogP contribution < -0.4 is 10.1 Å². The molecule has 2 saturated carbocycles. The molecule has 0 aromatic heterocycles. The molecule has 1 aromatic carbocycles. The normalized spacial score (nSPS) is 28.1. The fourth-order valence-electron chi connectivity index (χ4n) is 5.00. The van der Waals surface area contributed by atoms with Crippen molar-refractivity contribution in [3.63, 3.8) is 0 Å². The Bertz CT molecular complexity index is 763. The minimum Gasteiger partial charge on any atom is -0.497 e. The average molecular weight is 415 g/mol. The number of ether oxygens (including phenoxy) is 2. The van der Waals surface area contributed by atoms with E-state index in [1.54, 1.807) is 14.0 Å². The van der Waals surface area contributed by atoms with Crippen LogP contribution in [0.1, 0.15) is 44.6 Å². The zero-order valence-corrected chi connectivity index (χ0v) is 18.1. The molecule has 2 amide bonds. The molecular weight excluding hydrogens is 380 g/mol. The van der Waals surface area contributed by atoms with Gasteiger partial charge in [-0.25, -0.2) is 0 Å². The lowest BCUT2D eigenvalue weighted by atomic mass is 9.77. The third kappa shape index (κ3) is 5.34. The van der Waals surface area contributed by atoms with Gasteiger partial charge in [0.1, 0.15) is 5.75 Å². The number of hydrogen-bond donors (Lipinski definition) is 1. The highest BCUT2D eigenvalue weighted by Gasteiger charge is 2.44. The van der Waals surface area contributed by atoms with E-state index in [1.165, 1.54) is 12.8 Å². The second-order valence-electron chi connectivity index (χ2n) is 9.26. The maximum atomic E-state index is 12.9. The van der Waals surface area contributed by atoms with Crippen molar-refractivity contribution < 1.29 is 19.1 Å². The summed E-state index contributed by atoms with van der Waals surface area (Å²) in [6.45, 7) is 4.00. The van der Waals surface area contributed by atoms with E-state index in [4.69, 9.17) is 9.47 Å². The molecule has 0 spiro atoms. The number of hydrogen-bond acceptors (Lipinski definition) is 4. The molecule has 0 unspecified atom stereocenters. The fraction of sp³-hybridized carbons (Fsp3) is 0.667. The van der Waals surface area contributed by atoms with E-state index in [1.807, 2.05) is 29.2 Å². The lowest BCUT2D eigenvalue weighted by Gasteiger charge is -2.38. The molecule has 4 atom stereocenters. The van der Waals surface area contributed by atoms with E-state index >= 15 is 0 Å². The quantitative estimate of drug-likeness (QED) is 0.710. The molecule has 3 aliphatic rings. The zero-order valence-electron chi connectivity index (χ0n) is 18.1. The molecule has 1 aromatic rings. The monoisotopic (exact) mass is 414 g/mol. The second-order valence-corrected chi connectivity index (χ2v) is 9.26. The highest BCUT2D eigenvalue weighted by molar-refractivity contribution is 5.77. The van der Waals surface area contributed by atoms with Gasteiger partial charge in [-0.1, -0.05) is 12.1 Å². The van der Waals surface area contributed by atoms with Crippen molar-refractivity contribution in [2.24, 2.45) is 17.8 Å². The Labute approximate surface area is 179 Å². The first-order chi connectivity index (χ1) is 14.5. The molecule has 2 aliphatic carbocycles. The van der Waals surface area contributed by atoms with E-state index in [0.29, 0.717) is 24.2 Å². The molecule has 0 radical (unpaired) electrons. The Morgan fingerprint density at radius 3 is 2.63 bits per heavy atom. The average Bonchev–Trinajstić information content (AvgIpc) is 3.47. The molecule has 1 heterocycles. The van der Waals surface area contributed by atoms with Crippen LogP contribution >= 0.6 is 0 Å². The van der Waals surface area contributed by atoms with E-state index in [0.717, 1.165) is 50.3 Å². The molecule has 1 saturated heterocycles. The molecule has 6 nitrogen and oxygen atoms in total. The van der Waals surface area contributed by atoms with Crippen molar-refractivity contribution in [1.29, 1.82) is 0 Å². The molecule has 164 valence electrons. The van der Waals surface area contributed by atoms with Crippen LogP contribution in [-0.4, -0.2) is 55.7 Å². The predicted molar refractivity (Wildman–Crippen MR) is 114 cm³/mol. The van der Waals surface area contributed by atoms with Crippen LogP contribution in [-0.2, 0) is 20.7 Å². The zero-order chi connectivity index (χ0) is 21.1. The van der Waals surface area contributed by atoms with Gasteiger partial charge in [-0.15, -0.1) is 0 Å². The largest absolute Gasteiger partial charge is 0.497 e. The van der Waals surface area contributed by atoms with Gasteiger partial charge in [-0.3, -0.25) is 9.59 Å². The summed E-state index contributed by atoms with van der Waals surface area (Å²) in [4.78, 5) is 26.6. The Morgan fingerprint density at radius 2 is 1.93 bits per heavy atom. The van der Waals surface area contributed by atoms with Crippen LogP contribution in [0.3, 0.4) is 0 Å². The maximum absolute atomic E-state index is 12.9. The number of nitrogens with zero attached hydrogens (tertiary/aromatic N) is 1. The van der Waals surface area contributed by atoms with Crippen molar-refractivity contribution in [2.45, 2.75) is 57.6 Å². The fourth-order valence-corrected chi connectivity index (χ4v) is 5.00. The summed E-state index contributed by atoms with van der Waals surface area (Å²) >= 11 is 0. The number of rotatable bonds is 8. The standard InChI is InChI=1S/C24H34N2O4/c1-16(27)25-22-11-19-13-26(14-20(19)12-23(22)30-15-18-6-7-18)24(28)9-8-17-4-3-5-21(10-17)29-2/h3-5,10,18-20,22-23H,6-9,11-15H2,1-2H3,(H,25,27)/t19-,20+,22-,23-/m1/s1. The summed E-state index contributed by atoms with van der Waals surface area (Å²) < 4.78 is 11.5. The Kier molecular flexibility index (Phi) is 6.61. The van der Waals surface area contributed by atoms with Crippen LogP contribution in [0.5, 0.6) is 5.75 Å². The number of carbonyl (C=O) groups is 2. The van der Waals surface area contributed by atoms with E-state index in [2.05, 4.69) is 5.32 Å². The van der Waals surface area contributed by atoms with Crippen molar-refractivity contribution in [2.75, 3.05) is 26.8 Å². The third-order valence-electron chi connectivity index (χ3n) is 6.86. The van der Waals surface area contributed by atoms with Gasteiger partial charge in [-0.2, -0.15) is 0 Å². The minimum absolute atomic E-state index is 0.00249. The van der Waals surface area contributed by atoms with Crippen LogP contribution in [0.4, 0.5) is 0 Å². The highest BCUT2D eigenvalue weighted by atomic mass is 16.5. The number of amides is 2. The first-order valence-electron chi connectivity index (χ1n) is 11.3. The van der Waals surface area contributed by atoms with Crippen LogP contribution in [0.25, 0.3) is 0 Å². The smallest absolute Gasteiger partial charge is 0.222 e. The lowest BCUT2D eigenvalue weighted by molar-refractivity contribution is -0.130. The van der Waals surface area contributed by atoms with E-state index in [-0.39, 0.29) is 24.0 Å². The van der Waals surface area contributed by atoms with Crippen LogP contribution in [0.15, 0.2) is 24.3 Å². The van der Waals surface area contributed by atoms with Gasteiger partial charge in [0, 0.05) is 33.0 Å². The number of fused-ring (bicyclic) bond motifs is 1. The van der Waals surface area contributed by atoms with Crippen LogP contribution in [0, 0.1) is 17.8 Å². The number of methoxy groups -OCH3 is 1. The molecule has 4 rings (SSSR count). The molecule has 1 aliphatic heterocycles. The SMILES string of the molecule is COc1cccc(CCC(=O)N2C[C@H]3C[C@@H](NC(C)=O)[C@H](OCC4CC4)C[C@H]3C2)c1. The summed E-state index contributed by atoms with van der Waals surface area (Å²) in [5.41, 5.74) is 1.12. The summed E-state index contributed by atoms with van der Waals surface area (Å²) in [5, 5.41) is 3.11. The second kappa shape index (κ2) is 9.38. The van der Waals surface area contributed by atoms with Crippen molar-refractivity contribution >= 4 is 11.8 Å². The van der Waals surface area contributed by atoms with Crippen molar-refractivity contribution in [3.05, 3.63) is 29.8 Å². The van der Waals surface area contributed by atoms with E-state index < -0.39 is 0 Å². The van der Waals surface area contributed by atoms with Crippen LogP contribution in [0.2, 0.25) is 0 Å². The molecule has 3 fully saturated rings. The molecule has 1 N–H and O–H groups in total. The molecule has 30 heavy (non-hydrogen) atoms. The summed E-state index contributed by atoms with van der Waals surface area (Å²) in [6, 6.07) is 7.99. The van der Waals surface area contributed by atoms with Crippen molar-refractivity contribution in [1.82, 2.24) is 10.2 Å². The van der Waals surface area contributed by atoms with Gasteiger partial charge in [0.2, 0.25) is 11.8 Å². The molecule has 6 heteroatoms. The summed E-state index contributed by atoms with van der Waals surface area (Å²) in [6.07, 6.45) is 5.68. The number of likely N-dealkylation sites (tertiary alicyclic amines) is 1. The first kappa shape index (κ1) is 21.2. The van der Waals surface area contributed by atoms with Gasteiger partial charge in [0.05, 0.1) is 19.3 Å². The Balaban J connectivity index is 1.32. The first-order valence-corrected chi connectivity index (χ1v) is 11.3. The van der Waals surface area contributed by atoms with Gasteiger partial charge in [0.15, 0.2) is 0 Å². The topological polar surface area (TPSA) is 67.9 Å². The Morgan fingerprint density at radius 1 is 1.17 bits per heavy atom. The van der Waals surface area contributed by atoms with Gasteiger partial charge >= 0.3 is 0 Å². The predicted octanol–water partition coefficient (Wildman–Crippen LogP) is 2.80. The van der Waals surface area contributed by atoms with Crippen molar-refractivity contribution in [3.8, 4) is 5.75 Å². The third-order valence-corrected chi connectivity index (χ3v) is 6.86. The number of carbonyl (C=O) groups excluding carboxylic acids is 2. The number of aryl methyl sites for hydroxylation is 1.